The Kier molecular flexibility index (Phi) is 4.77. The topological polar surface area (TPSA) is 44.1 Å². The summed E-state index contributed by atoms with van der Waals surface area (Å²) >= 11 is 1.84. The average Bonchev–Trinajstić information content (AvgIpc) is 3.70. The number of hydrogen-bond donors (Lipinski definition) is 1. The molecule has 0 unspecified atom stereocenters. The molecule has 41 heavy (non-hydrogen) atoms. The minimum absolute atomic E-state index is 0.542. The maximum absolute atomic E-state index is 6.34. The number of furan rings is 1. The Morgan fingerprint density at radius 1 is 0.561 bits per heavy atom. The van der Waals surface area contributed by atoms with Crippen molar-refractivity contribution in [3.63, 3.8) is 0 Å². The van der Waals surface area contributed by atoms with Crippen LogP contribution in [-0.2, 0) is 6.54 Å². The molecule has 0 amide bonds. The standard InChI is InChI=1S/C37H24N2OS/c38-21-23-7-5-11-28-29-12-6-10-25(37(29)41-36(23)28)22-15-17-34-30(19-22)31-20-24(16-18-35(31)40-34)39-32-13-3-1-8-26(32)27-9-2-4-14-33(27)39/h1-20H,21,38H2. The first kappa shape index (κ1) is 22.9. The number of benzene rings is 6. The van der Waals surface area contributed by atoms with E-state index in [1.807, 2.05) is 11.3 Å². The molecule has 0 saturated heterocycles. The van der Waals surface area contributed by atoms with Gasteiger partial charge in [-0.3, -0.25) is 0 Å². The summed E-state index contributed by atoms with van der Waals surface area (Å²) in [5, 5.41) is 7.33. The number of aromatic nitrogens is 1. The van der Waals surface area contributed by atoms with Crippen LogP contribution in [0.2, 0.25) is 0 Å². The first-order chi connectivity index (χ1) is 20.3. The van der Waals surface area contributed by atoms with Gasteiger partial charge in [-0.05, 0) is 59.2 Å². The molecule has 0 fully saturated rings. The van der Waals surface area contributed by atoms with E-state index in [0.29, 0.717) is 6.54 Å². The number of thiophene rings is 1. The zero-order valence-corrected chi connectivity index (χ0v) is 22.9. The van der Waals surface area contributed by atoms with Gasteiger partial charge in [0.25, 0.3) is 0 Å². The first-order valence-corrected chi connectivity index (χ1v) is 14.7. The van der Waals surface area contributed by atoms with Crippen LogP contribution in [0.1, 0.15) is 5.56 Å². The monoisotopic (exact) mass is 544 g/mol. The lowest BCUT2D eigenvalue weighted by Gasteiger charge is -2.08. The molecule has 3 aromatic heterocycles. The number of fused-ring (bicyclic) bond motifs is 9. The Hall–Kier alpha value is -4.90. The molecule has 3 heterocycles. The van der Waals surface area contributed by atoms with Crippen molar-refractivity contribution < 1.29 is 4.42 Å². The summed E-state index contributed by atoms with van der Waals surface area (Å²) in [5.74, 6) is 0. The minimum Gasteiger partial charge on any atom is -0.456 e. The molecule has 0 atom stereocenters. The van der Waals surface area contributed by atoms with E-state index in [2.05, 4.69) is 126 Å². The van der Waals surface area contributed by atoms with Gasteiger partial charge >= 0.3 is 0 Å². The number of nitrogens with two attached hydrogens (primary N) is 1. The van der Waals surface area contributed by atoms with Crippen molar-refractivity contribution >= 4 is 75.3 Å². The van der Waals surface area contributed by atoms with Crippen molar-refractivity contribution in [2.24, 2.45) is 5.73 Å². The van der Waals surface area contributed by atoms with Gasteiger partial charge < -0.3 is 14.7 Å². The lowest BCUT2D eigenvalue weighted by molar-refractivity contribution is 0.669. The van der Waals surface area contributed by atoms with Crippen LogP contribution in [0.25, 0.3) is 80.7 Å². The third-order valence-electron chi connectivity index (χ3n) is 8.43. The molecule has 4 heteroatoms. The molecule has 0 saturated carbocycles. The Balaban J connectivity index is 1.28. The van der Waals surface area contributed by atoms with Crippen molar-refractivity contribution in [1.82, 2.24) is 4.57 Å². The highest BCUT2D eigenvalue weighted by Gasteiger charge is 2.16. The highest BCUT2D eigenvalue weighted by Crippen LogP contribution is 2.43. The lowest BCUT2D eigenvalue weighted by Crippen LogP contribution is -1.95. The second kappa shape index (κ2) is 8.55. The highest BCUT2D eigenvalue weighted by atomic mass is 32.1. The van der Waals surface area contributed by atoms with Crippen LogP contribution in [0.5, 0.6) is 0 Å². The second-order valence-corrected chi connectivity index (χ2v) is 11.7. The molecule has 0 radical (unpaired) electrons. The van der Waals surface area contributed by atoms with Gasteiger partial charge in [0.15, 0.2) is 0 Å². The quantitative estimate of drug-likeness (QED) is 0.240. The van der Waals surface area contributed by atoms with Gasteiger partial charge in [0.05, 0.1) is 11.0 Å². The molecule has 3 nitrogen and oxygen atoms in total. The van der Waals surface area contributed by atoms with Crippen molar-refractivity contribution in [3.05, 3.63) is 127 Å². The van der Waals surface area contributed by atoms with Crippen LogP contribution in [0, 0.1) is 0 Å². The third kappa shape index (κ3) is 3.23. The maximum atomic E-state index is 6.34. The summed E-state index contributed by atoms with van der Waals surface area (Å²) in [6, 6.07) is 43.5. The predicted octanol–water partition coefficient (Wildman–Crippen LogP) is 10.2. The molecule has 9 rings (SSSR count). The molecule has 0 bridgehead atoms. The summed E-state index contributed by atoms with van der Waals surface area (Å²) in [7, 11) is 0. The van der Waals surface area contributed by atoms with E-state index in [0.717, 1.165) is 27.6 Å². The SMILES string of the molecule is NCc1cccc2c1sc1c(-c3ccc4oc5ccc(-n6c7ccccc7c7ccccc76)cc5c4c3)cccc12. The van der Waals surface area contributed by atoms with Crippen molar-refractivity contribution in [1.29, 1.82) is 0 Å². The van der Waals surface area contributed by atoms with Gasteiger partial charge in [-0.25, -0.2) is 0 Å². The van der Waals surface area contributed by atoms with E-state index in [9.17, 15) is 0 Å². The van der Waals surface area contributed by atoms with E-state index < -0.39 is 0 Å². The third-order valence-corrected chi connectivity index (χ3v) is 9.76. The van der Waals surface area contributed by atoms with Gasteiger partial charge in [0, 0.05) is 53.9 Å². The Morgan fingerprint density at radius 3 is 1.95 bits per heavy atom. The summed E-state index contributed by atoms with van der Waals surface area (Å²) < 4.78 is 11.3. The van der Waals surface area contributed by atoms with Crippen molar-refractivity contribution in [2.75, 3.05) is 0 Å². The normalized spacial score (nSPS) is 12.1. The molecular formula is C37H24N2OS. The van der Waals surface area contributed by atoms with E-state index >= 15 is 0 Å². The zero-order valence-electron chi connectivity index (χ0n) is 22.1. The minimum atomic E-state index is 0.542. The molecule has 0 aliphatic rings. The summed E-state index contributed by atoms with van der Waals surface area (Å²) in [6.07, 6.45) is 0. The fraction of sp³-hybridized carbons (Fsp3) is 0.0270. The van der Waals surface area contributed by atoms with Crippen molar-refractivity contribution in [2.45, 2.75) is 6.54 Å². The van der Waals surface area contributed by atoms with E-state index in [4.69, 9.17) is 10.2 Å². The van der Waals surface area contributed by atoms with Crippen LogP contribution in [-0.4, -0.2) is 4.57 Å². The van der Waals surface area contributed by atoms with Gasteiger partial charge in [0.2, 0.25) is 0 Å². The Bertz CT molecular complexity index is 2420. The average molecular weight is 545 g/mol. The second-order valence-electron chi connectivity index (χ2n) is 10.6. The number of rotatable bonds is 3. The fourth-order valence-corrected chi connectivity index (χ4v) is 7.90. The molecule has 9 aromatic rings. The van der Waals surface area contributed by atoms with Crippen LogP contribution in [0.4, 0.5) is 0 Å². The van der Waals surface area contributed by atoms with E-state index in [1.165, 1.54) is 58.7 Å². The molecular weight excluding hydrogens is 520 g/mol. The Labute approximate surface area is 239 Å². The number of nitrogens with zero attached hydrogens (tertiary/aromatic N) is 1. The Morgan fingerprint density at radius 2 is 1.20 bits per heavy atom. The predicted molar refractivity (Wildman–Crippen MR) is 174 cm³/mol. The molecule has 194 valence electrons. The molecule has 0 spiro atoms. The van der Waals surface area contributed by atoms with Gasteiger partial charge in [-0.1, -0.05) is 78.9 Å². The van der Waals surface area contributed by atoms with Gasteiger partial charge in [-0.15, -0.1) is 11.3 Å². The fourth-order valence-electron chi connectivity index (χ4n) is 6.54. The van der Waals surface area contributed by atoms with Crippen molar-refractivity contribution in [3.8, 4) is 16.8 Å². The molecule has 6 aromatic carbocycles. The van der Waals surface area contributed by atoms with Crippen LogP contribution in [0.15, 0.2) is 126 Å². The van der Waals surface area contributed by atoms with Gasteiger partial charge in [0.1, 0.15) is 11.2 Å². The lowest BCUT2D eigenvalue weighted by atomic mass is 10.00. The zero-order chi connectivity index (χ0) is 27.1. The van der Waals surface area contributed by atoms with E-state index in [1.54, 1.807) is 0 Å². The van der Waals surface area contributed by atoms with Crippen LogP contribution >= 0.6 is 11.3 Å². The number of para-hydroxylation sites is 2. The highest BCUT2D eigenvalue weighted by molar-refractivity contribution is 7.26. The smallest absolute Gasteiger partial charge is 0.135 e. The largest absolute Gasteiger partial charge is 0.456 e. The number of hydrogen-bond acceptors (Lipinski definition) is 3. The maximum Gasteiger partial charge on any atom is 0.135 e. The summed E-state index contributed by atoms with van der Waals surface area (Å²) in [5.41, 5.74) is 15.1. The van der Waals surface area contributed by atoms with E-state index in [-0.39, 0.29) is 0 Å². The molecule has 0 aliphatic carbocycles. The molecule has 2 N–H and O–H groups in total. The summed E-state index contributed by atoms with van der Waals surface area (Å²) in [6.45, 7) is 0.542. The molecule has 0 aliphatic heterocycles. The first-order valence-electron chi connectivity index (χ1n) is 13.9. The van der Waals surface area contributed by atoms with Crippen LogP contribution in [0.3, 0.4) is 0 Å². The summed E-state index contributed by atoms with van der Waals surface area (Å²) in [4.78, 5) is 0. The van der Waals surface area contributed by atoms with Gasteiger partial charge in [-0.2, -0.15) is 0 Å². The van der Waals surface area contributed by atoms with Crippen LogP contribution < -0.4 is 5.73 Å².